The van der Waals surface area contributed by atoms with E-state index in [1.54, 1.807) is 31.3 Å². The van der Waals surface area contributed by atoms with Gasteiger partial charge in [0.1, 0.15) is 5.82 Å². The van der Waals surface area contributed by atoms with Gasteiger partial charge in [-0.1, -0.05) is 32.9 Å². The average Bonchev–Trinajstić information content (AvgIpc) is 2.90. The number of anilines is 1. The molecule has 0 spiro atoms. The summed E-state index contributed by atoms with van der Waals surface area (Å²) >= 11 is 0. The van der Waals surface area contributed by atoms with E-state index >= 15 is 0 Å². The number of aromatic nitrogens is 2. The van der Waals surface area contributed by atoms with Crippen molar-refractivity contribution in [2.24, 2.45) is 7.05 Å². The fraction of sp³-hybridized carbons (Fsp3) is 0.444. The van der Waals surface area contributed by atoms with Crippen LogP contribution >= 0.6 is 0 Å². The maximum Gasteiger partial charge on any atom is 0.303 e. The molecule has 0 saturated carbocycles. The van der Waals surface area contributed by atoms with Gasteiger partial charge in [0.15, 0.2) is 0 Å². The lowest BCUT2D eigenvalue weighted by atomic mass is 9.87. The molecule has 1 aromatic carbocycles. The lowest BCUT2D eigenvalue weighted by molar-refractivity contribution is -0.137. The second-order valence-electron chi connectivity index (χ2n) is 7.22. The molecule has 1 aromatic heterocycles. The predicted octanol–water partition coefficient (Wildman–Crippen LogP) is 2.76. The Balaban J connectivity index is 2.08. The van der Waals surface area contributed by atoms with Crippen LogP contribution in [0.3, 0.4) is 0 Å². The topological polar surface area (TPSA) is 111 Å². The van der Waals surface area contributed by atoms with E-state index in [0.29, 0.717) is 6.42 Å². The fourth-order valence-corrected chi connectivity index (χ4v) is 3.42. The van der Waals surface area contributed by atoms with Crippen LogP contribution in [0.5, 0.6) is 5.88 Å². The van der Waals surface area contributed by atoms with E-state index in [1.165, 1.54) is 10.7 Å². The van der Waals surface area contributed by atoms with Gasteiger partial charge < -0.3 is 9.84 Å². The zero-order valence-electron chi connectivity index (χ0n) is 15.9. The normalized spacial score (nSPS) is 12.0. The molecule has 0 aliphatic rings. The molecule has 0 saturated heterocycles. The molecular weight excluding hydrogens is 370 g/mol. The number of carboxylic acids is 1. The molecule has 9 heteroatoms. The van der Waals surface area contributed by atoms with E-state index in [-0.39, 0.29) is 35.0 Å². The molecule has 0 fully saturated rings. The first kappa shape index (κ1) is 20.8. The highest BCUT2D eigenvalue weighted by Gasteiger charge is 2.19. The summed E-state index contributed by atoms with van der Waals surface area (Å²) in [6.45, 7) is 6.36. The van der Waals surface area contributed by atoms with E-state index in [1.807, 2.05) is 0 Å². The molecular formula is C18H25N3O5S. The van der Waals surface area contributed by atoms with Crippen LogP contribution in [-0.2, 0) is 27.3 Å². The third-order valence-corrected chi connectivity index (χ3v) is 5.28. The molecule has 2 rings (SSSR count). The Hall–Kier alpha value is -2.55. The van der Waals surface area contributed by atoms with Crippen LogP contribution in [0, 0.1) is 0 Å². The van der Waals surface area contributed by atoms with Crippen LogP contribution in [0.1, 0.15) is 39.2 Å². The van der Waals surface area contributed by atoms with Crippen LogP contribution in [0.4, 0.5) is 5.82 Å². The van der Waals surface area contributed by atoms with Crippen molar-refractivity contribution in [2.75, 3.05) is 11.3 Å². The number of hydrogen-bond acceptors (Lipinski definition) is 5. The molecule has 27 heavy (non-hydrogen) atoms. The van der Waals surface area contributed by atoms with Crippen molar-refractivity contribution in [3.8, 4) is 5.88 Å². The van der Waals surface area contributed by atoms with Crippen LogP contribution < -0.4 is 9.46 Å². The number of rotatable bonds is 8. The quantitative estimate of drug-likeness (QED) is 0.665. The molecule has 0 radical (unpaired) electrons. The summed E-state index contributed by atoms with van der Waals surface area (Å²) in [4.78, 5) is 10.6. The average molecular weight is 395 g/mol. The van der Waals surface area contributed by atoms with Gasteiger partial charge in [0, 0.05) is 19.5 Å². The third-order valence-electron chi connectivity index (χ3n) is 3.91. The van der Waals surface area contributed by atoms with Crippen molar-refractivity contribution >= 4 is 21.8 Å². The summed E-state index contributed by atoms with van der Waals surface area (Å²) in [5.74, 6) is -0.419. The summed E-state index contributed by atoms with van der Waals surface area (Å²) in [5.41, 5.74) is 0.976. The van der Waals surface area contributed by atoms with Gasteiger partial charge in [-0.3, -0.25) is 9.52 Å². The van der Waals surface area contributed by atoms with Crippen LogP contribution in [-0.4, -0.2) is 35.9 Å². The first-order valence-electron chi connectivity index (χ1n) is 8.51. The molecule has 0 bridgehead atoms. The molecule has 2 N–H and O–H groups in total. The molecule has 0 aliphatic heterocycles. The standard InChI is InChI=1S/C18H25N3O5S/c1-18(2,3)13-7-9-14(10-8-13)27(24,25)20-15-12-16(19-21(15)4)26-11-5-6-17(22)23/h7-10,12,20H,5-6,11H2,1-4H3,(H,22,23). The Morgan fingerprint density at radius 2 is 1.89 bits per heavy atom. The van der Waals surface area contributed by atoms with Crippen LogP contribution in [0.25, 0.3) is 0 Å². The number of nitrogens with one attached hydrogen (secondary N) is 1. The lowest BCUT2D eigenvalue weighted by Crippen LogP contribution is -2.16. The highest BCUT2D eigenvalue weighted by Crippen LogP contribution is 2.25. The van der Waals surface area contributed by atoms with E-state index < -0.39 is 16.0 Å². The summed E-state index contributed by atoms with van der Waals surface area (Å²) < 4.78 is 34.4. The van der Waals surface area contributed by atoms with Crippen molar-refractivity contribution < 1.29 is 23.1 Å². The van der Waals surface area contributed by atoms with E-state index in [9.17, 15) is 13.2 Å². The second-order valence-corrected chi connectivity index (χ2v) is 8.90. The molecule has 148 valence electrons. The van der Waals surface area contributed by atoms with Gasteiger partial charge in [-0.05, 0) is 29.5 Å². The minimum Gasteiger partial charge on any atom is -0.481 e. The first-order chi connectivity index (χ1) is 12.5. The zero-order chi connectivity index (χ0) is 20.2. The van der Waals surface area contributed by atoms with Gasteiger partial charge in [-0.15, -0.1) is 5.10 Å². The molecule has 0 atom stereocenters. The maximum absolute atomic E-state index is 12.6. The Bertz CT molecular complexity index is 896. The number of sulfonamides is 1. The van der Waals surface area contributed by atoms with Gasteiger partial charge in [-0.2, -0.15) is 0 Å². The van der Waals surface area contributed by atoms with Gasteiger partial charge in [-0.25, -0.2) is 13.1 Å². The van der Waals surface area contributed by atoms with Crippen molar-refractivity contribution in [1.82, 2.24) is 9.78 Å². The number of nitrogens with zero attached hydrogens (tertiary/aromatic N) is 2. The van der Waals surface area contributed by atoms with E-state index in [2.05, 4.69) is 30.6 Å². The molecule has 0 amide bonds. The number of carboxylic acid groups (broad SMARTS) is 1. The smallest absolute Gasteiger partial charge is 0.303 e. The summed E-state index contributed by atoms with van der Waals surface area (Å²) in [7, 11) is -2.18. The van der Waals surface area contributed by atoms with Crippen LogP contribution in [0.15, 0.2) is 35.2 Å². The Labute approximate surface area is 159 Å². The van der Waals surface area contributed by atoms with Crippen molar-refractivity contribution in [3.05, 3.63) is 35.9 Å². The largest absolute Gasteiger partial charge is 0.481 e. The Morgan fingerprint density at radius 3 is 2.44 bits per heavy atom. The first-order valence-corrected chi connectivity index (χ1v) is 9.99. The summed E-state index contributed by atoms with van der Waals surface area (Å²) in [5, 5.41) is 12.7. The Kier molecular flexibility index (Phi) is 6.15. The highest BCUT2D eigenvalue weighted by molar-refractivity contribution is 7.92. The number of aliphatic carboxylic acids is 1. The second kappa shape index (κ2) is 7.99. The number of hydrogen-bond donors (Lipinski definition) is 2. The minimum atomic E-state index is -3.77. The number of aryl methyl sites for hydroxylation is 1. The number of ether oxygens (including phenoxy) is 1. The third kappa shape index (κ3) is 5.72. The summed E-state index contributed by atoms with van der Waals surface area (Å²) in [6, 6.07) is 8.20. The molecule has 8 nitrogen and oxygen atoms in total. The molecule has 0 aliphatic carbocycles. The van der Waals surface area contributed by atoms with Gasteiger partial charge in [0.25, 0.3) is 10.0 Å². The number of benzene rings is 1. The van der Waals surface area contributed by atoms with E-state index in [0.717, 1.165) is 5.56 Å². The predicted molar refractivity (Wildman–Crippen MR) is 102 cm³/mol. The number of carbonyl (C=O) groups is 1. The fourth-order valence-electron chi connectivity index (χ4n) is 2.34. The van der Waals surface area contributed by atoms with Gasteiger partial charge >= 0.3 is 5.97 Å². The minimum absolute atomic E-state index is 0.00309. The van der Waals surface area contributed by atoms with Gasteiger partial charge in [0.2, 0.25) is 5.88 Å². The molecule has 0 unspecified atom stereocenters. The SMILES string of the molecule is Cn1nc(OCCCC(=O)O)cc1NS(=O)(=O)c1ccc(C(C)(C)C)cc1. The molecule has 1 heterocycles. The maximum atomic E-state index is 12.6. The van der Waals surface area contributed by atoms with E-state index in [4.69, 9.17) is 9.84 Å². The summed E-state index contributed by atoms with van der Waals surface area (Å²) in [6.07, 6.45) is 0.337. The molecule has 2 aromatic rings. The lowest BCUT2D eigenvalue weighted by Gasteiger charge is -2.19. The van der Waals surface area contributed by atoms with Crippen molar-refractivity contribution in [1.29, 1.82) is 0 Å². The van der Waals surface area contributed by atoms with Crippen molar-refractivity contribution in [3.63, 3.8) is 0 Å². The highest BCUT2D eigenvalue weighted by atomic mass is 32.2. The zero-order valence-corrected chi connectivity index (χ0v) is 16.7. The Morgan fingerprint density at radius 1 is 1.26 bits per heavy atom. The van der Waals surface area contributed by atoms with Gasteiger partial charge in [0.05, 0.1) is 11.5 Å². The van der Waals surface area contributed by atoms with Crippen LogP contribution in [0.2, 0.25) is 0 Å². The monoisotopic (exact) mass is 395 g/mol. The van der Waals surface area contributed by atoms with Crippen molar-refractivity contribution in [2.45, 2.75) is 43.9 Å².